The van der Waals surface area contributed by atoms with E-state index in [9.17, 15) is 5.11 Å². The highest BCUT2D eigenvalue weighted by atomic mass is 32.1. The Bertz CT molecular complexity index is 285. The van der Waals surface area contributed by atoms with E-state index in [2.05, 4.69) is 17.5 Å². The van der Waals surface area contributed by atoms with Gasteiger partial charge in [0.25, 0.3) is 0 Å². The van der Waals surface area contributed by atoms with E-state index in [1.54, 1.807) is 11.3 Å². The summed E-state index contributed by atoms with van der Waals surface area (Å²) < 4.78 is 0. The van der Waals surface area contributed by atoms with Crippen LogP contribution in [0.1, 0.15) is 24.1 Å². The van der Waals surface area contributed by atoms with Crippen LogP contribution < -0.4 is 5.73 Å². The summed E-state index contributed by atoms with van der Waals surface area (Å²) in [4.78, 5) is 1.34. The molecule has 0 aliphatic heterocycles. The minimum Gasteiger partial charge on any atom is -0.392 e. The van der Waals surface area contributed by atoms with E-state index >= 15 is 0 Å². The smallest absolute Gasteiger partial charge is 0.0612 e. The molecule has 0 saturated heterocycles. The Kier molecular flexibility index (Phi) is 2.91. The molecule has 0 bridgehead atoms. The number of nitrogens with two attached hydrogens (primary N) is 1. The predicted molar refractivity (Wildman–Crippen MR) is 59.4 cm³/mol. The summed E-state index contributed by atoms with van der Waals surface area (Å²) in [7, 11) is 0. The lowest BCUT2D eigenvalue weighted by molar-refractivity contribution is 0.0594. The Morgan fingerprint density at radius 1 is 1.64 bits per heavy atom. The maximum atomic E-state index is 9.96. The lowest BCUT2D eigenvalue weighted by Crippen LogP contribution is -2.39. The average molecular weight is 211 g/mol. The van der Waals surface area contributed by atoms with Gasteiger partial charge in [-0.3, -0.25) is 0 Å². The summed E-state index contributed by atoms with van der Waals surface area (Å²) in [5.41, 5.74) is 5.78. The molecule has 3 N–H and O–H groups in total. The van der Waals surface area contributed by atoms with E-state index in [4.69, 9.17) is 5.73 Å². The van der Waals surface area contributed by atoms with Gasteiger partial charge in [-0.05, 0) is 30.7 Å². The van der Waals surface area contributed by atoms with Crippen LogP contribution in [0.4, 0.5) is 0 Å². The first kappa shape index (κ1) is 10.1. The molecule has 1 heterocycles. The van der Waals surface area contributed by atoms with Crippen molar-refractivity contribution in [2.24, 2.45) is 11.1 Å². The molecular formula is C11H17NOS. The van der Waals surface area contributed by atoms with Crippen molar-refractivity contribution in [3.63, 3.8) is 0 Å². The van der Waals surface area contributed by atoms with Crippen molar-refractivity contribution >= 4 is 11.3 Å². The Labute approximate surface area is 88.8 Å². The molecule has 2 nitrogen and oxygen atoms in total. The summed E-state index contributed by atoms with van der Waals surface area (Å²) in [6, 6.07) is 4.19. The second-order valence-corrected chi connectivity index (χ2v) is 5.26. The maximum absolute atomic E-state index is 9.96. The Morgan fingerprint density at radius 2 is 2.50 bits per heavy atom. The number of hydrogen-bond acceptors (Lipinski definition) is 3. The molecule has 0 amide bonds. The van der Waals surface area contributed by atoms with Gasteiger partial charge in [-0.25, -0.2) is 0 Å². The second-order valence-electron chi connectivity index (χ2n) is 4.23. The van der Waals surface area contributed by atoms with Crippen LogP contribution in [0.5, 0.6) is 0 Å². The van der Waals surface area contributed by atoms with E-state index in [0.29, 0.717) is 6.54 Å². The van der Waals surface area contributed by atoms with E-state index in [1.165, 1.54) is 4.88 Å². The lowest BCUT2D eigenvalue weighted by atomic mass is 9.80. The first-order valence-corrected chi connectivity index (χ1v) is 6.05. The fraction of sp³-hybridized carbons (Fsp3) is 0.636. The summed E-state index contributed by atoms with van der Waals surface area (Å²) in [5.74, 6) is 0. The van der Waals surface area contributed by atoms with Gasteiger partial charge >= 0.3 is 0 Å². The van der Waals surface area contributed by atoms with Crippen LogP contribution in [0.2, 0.25) is 0 Å². The fourth-order valence-corrected chi connectivity index (χ4v) is 3.26. The standard InChI is InChI=1S/C11H17NOS/c12-8-11(5-1-4-10(11)13)7-9-3-2-6-14-9/h2-3,6,10,13H,1,4-5,7-8,12H2. The topological polar surface area (TPSA) is 46.2 Å². The second kappa shape index (κ2) is 4.01. The van der Waals surface area contributed by atoms with Crippen LogP contribution >= 0.6 is 11.3 Å². The quantitative estimate of drug-likeness (QED) is 0.800. The maximum Gasteiger partial charge on any atom is 0.0612 e. The number of hydrogen-bond donors (Lipinski definition) is 2. The third-order valence-corrected chi connectivity index (χ3v) is 4.25. The van der Waals surface area contributed by atoms with Crippen molar-refractivity contribution < 1.29 is 5.11 Å². The fourth-order valence-electron chi connectivity index (χ4n) is 2.40. The zero-order chi connectivity index (χ0) is 10.0. The molecule has 1 aliphatic carbocycles. The van der Waals surface area contributed by atoms with Crippen molar-refractivity contribution in [3.05, 3.63) is 22.4 Å². The van der Waals surface area contributed by atoms with Gasteiger partial charge < -0.3 is 10.8 Å². The summed E-state index contributed by atoms with van der Waals surface area (Å²) in [6.45, 7) is 0.603. The number of thiophene rings is 1. The molecule has 1 fully saturated rings. The van der Waals surface area contributed by atoms with Gasteiger partial charge in [0.2, 0.25) is 0 Å². The monoisotopic (exact) mass is 211 g/mol. The molecule has 0 radical (unpaired) electrons. The molecule has 0 spiro atoms. The van der Waals surface area contributed by atoms with Crippen molar-refractivity contribution in [1.29, 1.82) is 0 Å². The molecule has 1 aromatic heterocycles. The van der Waals surface area contributed by atoms with Gasteiger partial charge in [-0.2, -0.15) is 0 Å². The molecule has 14 heavy (non-hydrogen) atoms. The third-order valence-electron chi connectivity index (χ3n) is 3.37. The normalized spacial score (nSPS) is 32.3. The van der Waals surface area contributed by atoms with E-state index in [1.807, 2.05) is 0 Å². The van der Waals surface area contributed by atoms with E-state index in [0.717, 1.165) is 25.7 Å². The predicted octanol–water partition coefficient (Wildman–Crippen LogP) is 1.78. The molecule has 3 heteroatoms. The van der Waals surface area contributed by atoms with Crippen molar-refractivity contribution in [1.82, 2.24) is 0 Å². The molecule has 78 valence electrons. The van der Waals surface area contributed by atoms with Gasteiger partial charge in [-0.1, -0.05) is 12.5 Å². The van der Waals surface area contributed by atoms with Gasteiger partial charge in [0.15, 0.2) is 0 Å². The minimum absolute atomic E-state index is 0.0369. The molecule has 1 saturated carbocycles. The summed E-state index contributed by atoms with van der Waals surface area (Å²) >= 11 is 1.76. The highest BCUT2D eigenvalue weighted by Gasteiger charge is 2.40. The van der Waals surface area contributed by atoms with Crippen molar-refractivity contribution in [3.8, 4) is 0 Å². The Morgan fingerprint density at radius 3 is 3.00 bits per heavy atom. The number of rotatable bonds is 3. The molecule has 1 aliphatic rings. The molecule has 2 atom stereocenters. The molecule has 1 aromatic rings. The first-order chi connectivity index (χ1) is 6.77. The Balaban J connectivity index is 2.13. The summed E-state index contributed by atoms with van der Waals surface area (Å²) in [5, 5.41) is 12.0. The Hall–Kier alpha value is -0.380. The highest BCUT2D eigenvalue weighted by molar-refractivity contribution is 7.09. The van der Waals surface area contributed by atoms with Crippen LogP contribution in [0.25, 0.3) is 0 Å². The number of aliphatic hydroxyl groups is 1. The number of aliphatic hydroxyl groups excluding tert-OH is 1. The van der Waals surface area contributed by atoms with Crippen LogP contribution in [-0.4, -0.2) is 17.8 Å². The van der Waals surface area contributed by atoms with Crippen LogP contribution in [0.15, 0.2) is 17.5 Å². The lowest BCUT2D eigenvalue weighted by Gasteiger charge is -2.30. The van der Waals surface area contributed by atoms with Gasteiger partial charge in [0.1, 0.15) is 0 Å². The molecule has 0 aromatic carbocycles. The summed E-state index contributed by atoms with van der Waals surface area (Å²) in [6.07, 6.45) is 3.85. The van der Waals surface area contributed by atoms with E-state index in [-0.39, 0.29) is 11.5 Å². The largest absolute Gasteiger partial charge is 0.392 e. The van der Waals surface area contributed by atoms with Crippen LogP contribution in [0, 0.1) is 5.41 Å². The SMILES string of the molecule is NCC1(Cc2cccs2)CCCC1O. The highest BCUT2D eigenvalue weighted by Crippen LogP contribution is 2.40. The molecule has 2 unspecified atom stereocenters. The minimum atomic E-state index is -0.199. The molecule has 2 rings (SSSR count). The third kappa shape index (κ3) is 1.72. The van der Waals surface area contributed by atoms with Crippen molar-refractivity contribution in [2.45, 2.75) is 31.8 Å². The zero-order valence-corrected chi connectivity index (χ0v) is 9.09. The average Bonchev–Trinajstić information content (AvgIpc) is 2.79. The van der Waals surface area contributed by atoms with Crippen molar-refractivity contribution in [2.75, 3.05) is 6.54 Å². The van der Waals surface area contributed by atoms with Gasteiger partial charge in [0.05, 0.1) is 6.10 Å². The van der Waals surface area contributed by atoms with Gasteiger partial charge in [-0.15, -0.1) is 11.3 Å². The first-order valence-electron chi connectivity index (χ1n) is 5.17. The van der Waals surface area contributed by atoms with Gasteiger partial charge in [0, 0.05) is 16.8 Å². The van der Waals surface area contributed by atoms with E-state index < -0.39 is 0 Å². The molecular weight excluding hydrogens is 194 g/mol. The van der Waals surface area contributed by atoms with Crippen LogP contribution in [0.3, 0.4) is 0 Å². The zero-order valence-electron chi connectivity index (χ0n) is 8.28. The van der Waals surface area contributed by atoms with Crippen LogP contribution in [-0.2, 0) is 6.42 Å².